The van der Waals surface area contributed by atoms with Crippen LogP contribution in [0.3, 0.4) is 0 Å². The Morgan fingerprint density at radius 1 is 1.36 bits per heavy atom. The van der Waals surface area contributed by atoms with Gasteiger partial charge >= 0.3 is 0 Å². The molecule has 0 unspecified atom stereocenters. The lowest BCUT2D eigenvalue weighted by atomic mass is 10.2. The highest BCUT2D eigenvalue weighted by Gasteiger charge is 2.19. The van der Waals surface area contributed by atoms with E-state index < -0.39 is 0 Å². The Kier molecular flexibility index (Phi) is 3.07. The highest BCUT2D eigenvalue weighted by molar-refractivity contribution is 8.00. The van der Waals surface area contributed by atoms with Gasteiger partial charge in [0.1, 0.15) is 0 Å². The summed E-state index contributed by atoms with van der Waals surface area (Å²) >= 11 is 1.85. The van der Waals surface area contributed by atoms with Crippen molar-refractivity contribution in [3.63, 3.8) is 0 Å². The van der Waals surface area contributed by atoms with Crippen molar-refractivity contribution in [3.05, 3.63) is 29.8 Å². The van der Waals surface area contributed by atoms with Crippen LogP contribution in [-0.4, -0.2) is 18.5 Å². The van der Waals surface area contributed by atoms with Crippen LogP contribution >= 0.6 is 11.8 Å². The van der Waals surface area contributed by atoms with E-state index in [1.54, 1.807) is 0 Å². The number of benzene rings is 1. The van der Waals surface area contributed by atoms with Gasteiger partial charge in [-0.25, -0.2) is 0 Å². The van der Waals surface area contributed by atoms with E-state index in [1.165, 1.54) is 4.90 Å². The van der Waals surface area contributed by atoms with E-state index in [9.17, 15) is 0 Å². The minimum Gasteiger partial charge on any atom is -0.379 e. The first-order chi connectivity index (χ1) is 6.88. The molecule has 0 spiro atoms. The van der Waals surface area contributed by atoms with Gasteiger partial charge in [-0.15, -0.1) is 11.8 Å². The van der Waals surface area contributed by atoms with E-state index in [0.29, 0.717) is 11.7 Å². The molecule has 14 heavy (non-hydrogen) atoms. The van der Waals surface area contributed by atoms with Gasteiger partial charge in [0, 0.05) is 4.90 Å². The van der Waals surface area contributed by atoms with Crippen LogP contribution in [0.25, 0.3) is 0 Å². The molecule has 0 radical (unpaired) electrons. The van der Waals surface area contributed by atoms with Gasteiger partial charge in [-0.2, -0.15) is 5.26 Å². The maximum atomic E-state index is 8.51. The van der Waals surface area contributed by atoms with Crippen molar-refractivity contribution in [3.8, 4) is 6.07 Å². The molecule has 2 nitrogen and oxygen atoms in total. The van der Waals surface area contributed by atoms with Crippen molar-refractivity contribution in [2.24, 2.45) is 0 Å². The van der Waals surface area contributed by atoms with Crippen molar-refractivity contribution in [1.29, 1.82) is 5.26 Å². The van der Waals surface area contributed by atoms with Crippen LogP contribution < -0.4 is 0 Å². The zero-order chi connectivity index (χ0) is 9.80. The molecule has 0 amide bonds. The third-order valence-corrected chi connectivity index (χ3v) is 3.27. The molecule has 0 saturated carbocycles. The Balaban J connectivity index is 1.95. The Bertz CT molecular complexity index is 337. The summed E-state index contributed by atoms with van der Waals surface area (Å²) < 4.78 is 5.11. The smallest absolute Gasteiger partial charge is 0.0669 e. The molecule has 0 bridgehead atoms. The molecule has 72 valence electrons. The van der Waals surface area contributed by atoms with Gasteiger partial charge in [0.15, 0.2) is 0 Å². The van der Waals surface area contributed by atoms with Gasteiger partial charge in [-0.05, 0) is 17.7 Å². The topological polar surface area (TPSA) is 33.0 Å². The van der Waals surface area contributed by atoms with Crippen molar-refractivity contribution in [1.82, 2.24) is 0 Å². The summed E-state index contributed by atoms with van der Waals surface area (Å²) in [4.78, 5) is 1.26. The molecule has 1 aromatic rings. The second kappa shape index (κ2) is 4.50. The van der Waals surface area contributed by atoms with Gasteiger partial charge in [0.25, 0.3) is 0 Å². The molecule has 0 aromatic heterocycles. The molecule has 1 fully saturated rings. The van der Waals surface area contributed by atoms with E-state index in [2.05, 4.69) is 18.2 Å². The summed E-state index contributed by atoms with van der Waals surface area (Å²) in [7, 11) is 0. The zero-order valence-electron chi connectivity index (χ0n) is 7.77. The van der Waals surface area contributed by atoms with Crippen molar-refractivity contribution in [2.45, 2.75) is 16.6 Å². The third-order valence-electron chi connectivity index (χ3n) is 2.12. The standard InChI is InChI=1S/C11H11NOS/c12-6-5-9-1-3-10(4-2-9)14-11-7-13-8-11/h1-4,11H,5,7-8H2. The van der Waals surface area contributed by atoms with Gasteiger partial charge in [0.05, 0.1) is 31.0 Å². The molecule has 3 heteroatoms. The minimum absolute atomic E-state index is 0.498. The second-order valence-electron chi connectivity index (χ2n) is 3.26. The minimum atomic E-state index is 0.498. The lowest BCUT2D eigenvalue weighted by molar-refractivity contribution is 0.0455. The Morgan fingerprint density at radius 3 is 2.57 bits per heavy atom. The molecule has 2 rings (SSSR count). The van der Waals surface area contributed by atoms with E-state index in [4.69, 9.17) is 10.00 Å². The number of hydrogen-bond acceptors (Lipinski definition) is 3. The monoisotopic (exact) mass is 205 g/mol. The predicted molar refractivity (Wildman–Crippen MR) is 56.2 cm³/mol. The van der Waals surface area contributed by atoms with Crippen molar-refractivity contribution < 1.29 is 4.74 Å². The van der Waals surface area contributed by atoms with Crippen LogP contribution in [0.5, 0.6) is 0 Å². The van der Waals surface area contributed by atoms with E-state index in [0.717, 1.165) is 18.8 Å². The third kappa shape index (κ3) is 2.28. The summed E-state index contributed by atoms with van der Waals surface area (Å²) in [6, 6.07) is 10.3. The van der Waals surface area contributed by atoms with Crippen molar-refractivity contribution in [2.75, 3.05) is 13.2 Å². The largest absolute Gasteiger partial charge is 0.379 e. The Morgan fingerprint density at radius 2 is 2.07 bits per heavy atom. The maximum Gasteiger partial charge on any atom is 0.0669 e. The number of hydrogen-bond donors (Lipinski definition) is 0. The van der Waals surface area contributed by atoms with E-state index in [1.807, 2.05) is 23.9 Å². The Labute approximate surface area is 87.9 Å². The number of ether oxygens (including phenoxy) is 1. The van der Waals surface area contributed by atoms with Crippen LogP contribution in [-0.2, 0) is 11.2 Å². The van der Waals surface area contributed by atoms with Gasteiger partial charge in [0.2, 0.25) is 0 Å². The fraction of sp³-hybridized carbons (Fsp3) is 0.364. The van der Waals surface area contributed by atoms with Crippen LogP contribution in [0, 0.1) is 11.3 Å². The maximum absolute atomic E-state index is 8.51. The summed E-state index contributed by atoms with van der Waals surface area (Å²) in [5, 5.41) is 9.13. The summed E-state index contributed by atoms with van der Waals surface area (Å²) in [5.41, 5.74) is 1.08. The summed E-state index contributed by atoms with van der Waals surface area (Å²) in [6.07, 6.45) is 0.498. The predicted octanol–water partition coefficient (Wildman–Crippen LogP) is 2.24. The molecule has 1 aliphatic rings. The molecule has 1 saturated heterocycles. The van der Waals surface area contributed by atoms with Crippen molar-refractivity contribution >= 4 is 11.8 Å². The fourth-order valence-electron chi connectivity index (χ4n) is 1.25. The van der Waals surface area contributed by atoms with Gasteiger partial charge in [-0.1, -0.05) is 12.1 Å². The normalized spacial score (nSPS) is 15.9. The summed E-state index contributed by atoms with van der Waals surface area (Å²) in [6.45, 7) is 1.73. The molecule has 1 aliphatic heterocycles. The molecule has 0 atom stereocenters. The lowest BCUT2D eigenvalue weighted by Crippen LogP contribution is -2.29. The number of nitriles is 1. The van der Waals surface area contributed by atoms with E-state index in [-0.39, 0.29) is 0 Å². The first kappa shape index (κ1) is 9.57. The zero-order valence-corrected chi connectivity index (χ0v) is 8.59. The van der Waals surface area contributed by atoms with Crippen LogP contribution in [0.15, 0.2) is 29.2 Å². The average molecular weight is 205 g/mol. The molecular formula is C11H11NOS. The van der Waals surface area contributed by atoms with Gasteiger partial charge in [-0.3, -0.25) is 0 Å². The SMILES string of the molecule is N#CCc1ccc(SC2COC2)cc1. The molecule has 1 heterocycles. The second-order valence-corrected chi connectivity index (χ2v) is 4.63. The molecular weight excluding hydrogens is 194 g/mol. The molecule has 0 aliphatic carbocycles. The average Bonchev–Trinajstić information content (AvgIpc) is 2.14. The summed E-state index contributed by atoms with van der Waals surface area (Å²) in [5.74, 6) is 0. The number of thioether (sulfide) groups is 1. The van der Waals surface area contributed by atoms with E-state index >= 15 is 0 Å². The van der Waals surface area contributed by atoms with Crippen LogP contribution in [0.4, 0.5) is 0 Å². The first-order valence-electron chi connectivity index (χ1n) is 4.59. The molecule has 0 N–H and O–H groups in total. The lowest BCUT2D eigenvalue weighted by Gasteiger charge is -2.25. The van der Waals surface area contributed by atoms with Gasteiger partial charge < -0.3 is 4.74 Å². The highest BCUT2D eigenvalue weighted by Crippen LogP contribution is 2.27. The van der Waals surface area contributed by atoms with Crippen LogP contribution in [0.2, 0.25) is 0 Å². The Hall–Kier alpha value is -0.980. The highest BCUT2D eigenvalue weighted by atomic mass is 32.2. The molecule has 1 aromatic carbocycles. The number of rotatable bonds is 3. The first-order valence-corrected chi connectivity index (χ1v) is 5.47. The number of nitrogens with zero attached hydrogens (tertiary/aromatic N) is 1. The van der Waals surface area contributed by atoms with Crippen LogP contribution in [0.1, 0.15) is 5.56 Å². The quantitative estimate of drug-likeness (QED) is 0.758. The fourth-order valence-corrected chi connectivity index (χ4v) is 2.26.